The van der Waals surface area contributed by atoms with Crippen molar-refractivity contribution in [3.8, 4) is 0 Å². The summed E-state index contributed by atoms with van der Waals surface area (Å²) in [7, 11) is -0.791. The van der Waals surface area contributed by atoms with E-state index in [1.807, 2.05) is 18.2 Å². The summed E-state index contributed by atoms with van der Waals surface area (Å²) in [5.41, 5.74) is 1.22. The van der Waals surface area contributed by atoms with Gasteiger partial charge in [-0.2, -0.15) is 0 Å². The highest BCUT2D eigenvalue weighted by Gasteiger charge is 2.03. The van der Waals surface area contributed by atoms with Crippen LogP contribution in [-0.2, 0) is 8.85 Å². The van der Waals surface area contributed by atoms with Crippen molar-refractivity contribution in [3.05, 3.63) is 35.9 Å². The van der Waals surface area contributed by atoms with Gasteiger partial charge in [0.15, 0.2) is 0 Å². The van der Waals surface area contributed by atoms with Gasteiger partial charge < -0.3 is 8.85 Å². The molecule has 0 amide bonds. The number of hydrogen-bond acceptors (Lipinski definition) is 2. The van der Waals surface area contributed by atoms with Crippen LogP contribution in [0.2, 0.25) is 0 Å². The molecule has 0 aliphatic rings. The first-order chi connectivity index (χ1) is 6.84. The molecule has 0 spiro atoms. The second-order valence-corrected chi connectivity index (χ2v) is 4.22. The fourth-order valence-corrected chi connectivity index (χ4v) is 2.07. The minimum atomic E-state index is -0.791. The van der Waals surface area contributed by atoms with Gasteiger partial charge in [0.25, 0.3) is 0 Å². The molecular formula is C11H18O2Si. The van der Waals surface area contributed by atoms with E-state index in [9.17, 15) is 0 Å². The van der Waals surface area contributed by atoms with Crippen LogP contribution in [0.1, 0.15) is 31.9 Å². The third kappa shape index (κ3) is 4.04. The Hall–Kier alpha value is -0.643. The van der Waals surface area contributed by atoms with E-state index in [0.29, 0.717) is 0 Å². The molecule has 1 unspecified atom stereocenters. The molecule has 2 nitrogen and oxygen atoms in total. The maximum Gasteiger partial charge on any atom is 0.304 e. The van der Waals surface area contributed by atoms with Crippen molar-refractivity contribution in [3.63, 3.8) is 0 Å². The first-order valence-corrected chi connectivity index (χ1v) is 6.24. The fraction of sp³-hybridized carbons (Fsp3) is 0.455. The lowest BCUT2D eigenvalue weighted by Gasteiger charge is -2.13. The Bertz CT molecular complexity index is 238. The van der Waals surface area contributed by atoms with Crippen LogP contribution in [0.4, 0.5) is 0 Å². The van der Waals surface area contributed by atoms with Crippen molar-refractivity contribution in [1.29, 1.82) is 0 Å². The van der Waals surface area contributed by atoms with E-state index in [-0.39, 0.29) is 6.10 Å². The Balaban J connectivity index is 2.25. The average Bonchev–Trinajstić information content (AvgIpc) is 2.25. The molecule has 0 N–H and O–H groups in total. The van der Waals surface area contributed by atoms with Gasteiger partial charge in [0.1, 0.15) is 0 Å². The van der Waals surface area contributed by atoms with Crippen LogP contribution in [0.5, 0.6) is 0 Å². The molecule has 0 aliphatic carbocycles. The van der Waals surface area contributed by atoms with E-state index in [1.54, 1.807) is 0 Å². The summed E-state index contributed by atoms with van der Waals surface area (Å²) in [6, 6.07) is 10.2. The molecular weight excluding hydrogens is 192 g/mol. The van der Waals surface area contributed by atoms with E-state index < -0.39 is 10.0 Å². The minimum Gasteiger partial charge on any atom is -0.399 e. The molecule has 1 aromatic rings. The molecule has 0 bridgehead atoms. The number of benzene rings is 1. The topological polar surface area (TPSA) is 18.5 Å². The molecule has 0 saturated heterocycles. The Kier molecular flexibility index (Phi) is 5.52. The van der Waals surface area contributed by atoms with Gasteiger partial charge in [-0.25, -0.2) is 0 Å². The van der Waals surface area contributed by atoms with E-state index >= 15 is 0 Å². The monoisotopic (exact) mass is 210 g/mol. The molecule has 0 heterocycles. The van der Waals surface area contributed by atoms with Gasteiger partial charge in [-0.15, -0.1) is 0 Å². The lowest BCUT2D eigenvalue weighted by molar-refractivity contribution is 0.169. The van der Waals surface area contributed by atoms with Gasteiger partial charge in [0.2, 0.25) is 0 Å². The van der Waals surface area contributed by atoms with Crippen molar-refractivity contribution in [2.75, 3.05) is 6.61 Å². The van der Waals surface area contributed by atoms with Crippen LogP contribution in [0, 0.1) is 0 Å². The molecule has 0 fully saturated rings. The smallest absolute Gasteiger partial charge is 0.304 e. The van der Waals surface area contributed by atoms with Crippen molar-refractivity contribution in [2.24, 2.45) is 0 Å². The van der Waals surface area contributed by atoms with Gasteiger partial charge in [0, 0.05) is 6.61 Å². The molecule has 1 rings (SSSR count). The van der Waals surface area contributed by atoms with E-state index in [0.717, 1.165) is 13.0 Å². The van der Waals surface area contributed by atoms with Gasteiger partial charge in [0.05, 0.1) is 6.10 Å². The van der Waals surface area contributed by atoms with Gasteiger partial charge in [-0.1, -0.05) is 37.3 Å². The largest absolute Gasteiger partial charge is 0.399 e. The lowest BCUT2D eigenvalue weighted by atomic mass is 10.1. The molecule has 1 aromatic carbocycles. The molecule has 0 saturated carbocycles. The molecule has 0 aliphatic heterocycles. The molecule has 14 heavy (non-hydrogen) atoms. The zero-order chi connectivity index (χ0) is 10.2. The second-order valence-electron chi connectivity index (χ2n) is 3.25. The first kappa shape index (κ1) is 11.4. The van der Waals surface area contributed by atoms with Crippen molar-refractivity contribution < 1.29 is 8.85 Å². The van der Waals surface area contributed by atoms with Crippen LogP contribution in [0.25, 0.3) is 0 Å². The van der Waals surface area contributed by atoms with Gasteiger partial charge in [-0.3, -0.25) is 0 Å². The summed E-state index contributed by atoms with van der Waals surface area (Å²) in [6.07, 6.45) is 1.23. The maximum atomic E-state index is 5.65. The maximum absolute atomic E-state index is 5.65. The predicted octanol–water partition coefficient (Wildman–Crippen LogP) is 2.19. The Labute approximate surface area is 88.3 Å². The van der Waals surface area contributed by atoms with Crippen LogP contribution < -0.4 is 0 Å². The van der Waals surface area contributed by atoms with Gasteiger partial charge in [-0.05, 0) is 18.9 Å². The van der Waals surface area contributed by atoms with Crippen molar-refractivity contribution >= 4 is 10.0 Å². The summed E-state index contributed by atoms with van der Waals surface area (Å²) >= 11 is 0. The molecule has 78 valence electrons. The Morgan fingerprint density at radius 3 is 2.64 bits per heavy atom. The van der Waals surface area contributed by atoms with Crippen molar-refractivity contribution in [1.82, 2.24) is 0 Å². The Morgan fingerprint density at radius 2 is 2.00 bits per heavy atom. The molecule has 0 aromatic heterocycles. The zero-order valence-electron chi connectivity index (χ0n) is 8.90. The van der Waals surface area contributed by atoms with E-state index in [1.165, 1.54) is 5.56 Å². The average molecular weight is 210 g/mol. The van der Waals surface area contributed by atoms with Crippen LogP contribution in [0.3, 0.4) is 0 Å². The highest BCUT2D eigenvalue weighted by Crippen LogP contribution is 2.14. The summed E-state index contributed by atoms with van der Waals surface area (Å²) < 4.78 is 11.0. The lowest BCUT2D eigenvalue weighted by Crippen LogP contribution is -2.08. The summed E-state index contributed by atoms with van der Waals surface area (Å²) in [5, 5.41) is 0. The SMILES string of the molecule is CCCO[SiH2]OC(C)c1ccccc1. The summed E-state index contributed by atoms with van der Waals surface area (Å²) in [4.78, 5) is 0. The molecule has 3 heteroatoms. The van der Waals surface area contributed by atoms with Crippen molar-refractivity contribution in [2.45, 2.75) is 26.4 Å². The van der Waals surface area contributed by atoms with Gasteiger partial charge >= 0.3 is 10.0 Å². The van der Waals surface area contributed by atoms with E-state index in [2.05, 4.69) is 26.0 Å². The minimum absolute atomic E-state index is 0.166. The summed E-state index contributed by atoms with van der Waals surface area (Å²) in [5.74, 6) is 0. The van der Waals surface area contributed by atoms with Crippen LogP contribution in [-0.4, -0.2) is 16.6 Å². The van der Waals surface area contributed by atoms with E-state index in [4.69, 9.17) is 8.85 Å². The normalized spacial score (nSPS) is 13.6. The standard InChI is InChI=1S/C11H18O2Si/c1-3-9-12-14-13-10(2)11-7-5-4-6-8-11/h4-8,10H,3,9,14H2,1-2H3. The number of hydrogen-bond donors (Lipinski definition) is 0. The highest BCUT2D eigenvalue weighted by atomic mass is 28.3. The first-order valence-electron chi connectivity index (χ1n) is 5.09. The molecule has 1 atom stereocenters. The third-order valence-corrected chi connectivity index (χ3v) is 3.11. The molecule has 0 radical (unpaired) electrons. The zero-order valence-corrected chi connectivity index (χ0v) is 10.3. The van der Waals surface area contributed by atoms with Crippen LogP contribution >= 0.6 is 0 Å². The Morgan fingerprint density at radius 1 is 1.29 bits per heavy atom. The third-order valence-electron chi connectivity index (χ3n) is 2.02. The fourth-order valence-electron chi connectivity index (χ4n) is 1.17. The number of rotatable bonds is 6. The van der Waals surface area contributed by atoms with Crippen LogP contribution in [0.15, 0.2) is 30.3 Å². The highest BCUT2D eigenvalue weighted by molar-refractivity contribution is 6.18. The second kappa shape index (κ2) is 6.76. The summed E-state index contributed by atoms with van der Waals surface area (Å²) in [6.45, 7) is 5.00. The predicted molar refractivity (Wildman–Crippen MR) is 60.7 cm³/mol. The quantitative estimate of drug-likeness (QED) is 0.529.